The topological polar surface area (TPSA) is 46.6 Å². The molecule has 3 aliphatic rings. The zero-order valence-electron chi connectivity index (χ0n) is 18.9. The van der Waals surface area contributed by atoms with Crippen LogP contribution in [0.5, 0.6) is 0 Å². The number of rotatable bonds is 5. The number of carbonyl (C=O) groups is 2. The van der Waals surface area contributed by atoms with E-state index in [-0.39, 0.29) is 30.0 Å². The standard InChI is InChI=1S/C28H31NO3/c1-18(2)11-14-27(30)19-15-20-12-13-21(16-19)29(20)28(31)32-17-26-24-9-5-3-7-22(24)23-8-4-6-10-25(23)26/h3-11,19-21,26H,12-17H2,1-2H3. The molecule has 0 saturated carbocycles. The minimum Gasteiger partial charge on any atom is -0.448 e. The van der Waals surface area contributed by atoms with E-state index in [1.807, 2.05) is 24.8 Å². The highest BCUT2D eigenvalue weighted by Crippen LogP contribution is 2.45. The molecule has 2 unspecified atom stereocenters. The molecule has 0 aromatic heterocycles. The minimum atomic E-state index is -0.213. The van der Waals surface area contributed by atoms with Crippen LogP contribution < -0.4 is 0 Å². The van der Waals surface area contributed by atoms with E-state index in [0.29, 0.717) is 18.8 Å². The number of piperidine rings is 1. The molecule has 2 aromatic carbocycles. The summed E-state index contributed by atoms with van der Waals surface area (Å²) in [4.78, 5) is 27.7. The van der Waals surface area contributed by atoms with E-state index in [1.54, 1.807) is 0 Å². The molecule has 2 saturated heterocycles. The van der Waals surface area contributed by atoms with Gasteiger partial charge in [-0.05, 0) is 61.8 Å². The Morgan fingerprint density at radius 3 is 2.06 bits per heavy atom. The van der Waals surface area contributed by atoms with E-state index >= 15 is 0 Å². The summed E-state index contributed by atoms with van der Waals surface area (Å²) in [6, 6.07) is 17.1. The molecule has 4 nitrogen and oxygen atoms in total. The van der Waals surface area contributed by atoms with Crippen molar-refractivity contribution in [3.8, 4) is 11.1 Å². The first-order valence-corrected chi connectivity index (χ1v) is 11.8. The average molecular weight is 430 g/mol. The van der Waals surface area contributed by atoms with Gasteiger partial charge in [0.05, 0.1) is 0 Å². The van der Waals surface area contributed by atoms with E-state index in [2.05, 4.69) is 48.5 Å². The van der Waals surface area contributed by atoms with Gasteiger partial charge < -0.3 is 9.64 Å². The van der Waals surface area contributed by atoms with Crippen LogP contribution in [0.25, 0.3) is 11.1 Å². The molecule has 1 aliphatic carbocycles. The Morgan fingerprint density at radius 1 is 0.938 bits per heavy atom. The second-order valence-electron chi connectivity index (χ2n) is 9.72. The highest BCUT2D eigenvalue weighted by Gasteiger charge is 2.45. The Labute approximate surface area is 190 Å². The van der Waals surface area contributed by atoms with Gasteiger partial charge in [0, 0.05) is 30.3 Å². The van der Waals surface area contributed by atoms with Crippen molar-refractivity contribution in [2.24, 2.45) is 5.92 Å². The van der Waals surface area contributed by atoms with Crippen LogP contribution >= 0.6 is 0 Å². The van der Waals surface area contributed by atoms with Crippen LogP contribution in [0.2, 0.25) is 0 Å². The lowest BCUT2D eigenvalue weighted by Gasteiger charge is -2.37. The fourth-order valence-electron chi connectivity index (χ4n) is 5.88. The molecule has 5 rings (SSSR count). The molecular weight excluding hydrogens is 398 g/mol. The number of allylic oxidation sites excluding steroid dienone is 2. The largest absolute Gasteiger partial charge is 0.448 e. The van der Waals surface area contributed by atoms with E-state index < -0.39 is 0 Å². The molecule has 1 amide bonds. The maximum Gasteiger partial charge on any atom is 0.410 e. The number of fused-ring (bicyclic) bond motifs is 5. The molecule has 2 bridgehead atoms. The van der Waals surface area contributed by atoms with Crippen molar-refractivity contribution in [2.75, 3.05) is 6.61 Å². The third-order valence-corrected chi connectivity index (χ3v) is 7.45. The first kappa shape index (κ1) is 21.0. The van der Waals surface area contributed by atoms with E-state index in [0.717, 1.165) is 25.7 Å². The van der Waals surface area contributed by atoms with Gasteiger partial charge in [-0.2, -0.15) is 0 Å². The van der Waals surface area contributed by atoms with Crippen LogP contribution in [0.4, 0.5) is 4.79 Å². The molecular formula is C28H31NO3. The number of ether oxygens (including phenoxy) is 1. The van der Waals surface area contributed by atoms with Gasteiger partial charge in [0.25, 0.3) is 0 Å². The summed E-state index contributed by atoms with van der Waals surface area (Å²) in [5, 5.41) is 0. The monoisotopic (exact) mass is 429 g/mol. The van der Waals surface area contributed by atoms with Gasteiger partial charge in [-0.15, -0.1) is 0 Å². The van der Waals surface area contributed by atoms with Crippen molar-refractivity contribution in [1.82, 2.24) is 4.90 Å². The maximum absolute atomic E-state index is 13.1. The van der Waals surface area contributed by atoms with Crippen LogP contribution in [0, 0.1) is 5.92 Å². The third kappa shape index (κ3) is 3.76. The van der Waals surface area contributed by atoms with Crippen molar-refractivity contribution in [2.45, 2.75) is 64.0 Å². The van der Waals surface area contributed by atoms with Gasteiger partial charge in [-0.25, -0.2) is 4.79 Å². The van der Waals surface area contributed by atoms with Crippen LogP contribution in [-0.4, -0.2) is 35.5 Å². The van der Waals surface area contributed by atoms with Crippen LogP contribution in [0.15, 0.2) is 60.2 Å². The molecule has 2 fully saturated rings. The zero-order valence-corrected chi connectivity index (χ0v) is 18.9. The predicted molar refractivity (Wildman–Crippen MR) is 125 cm³/mol. The number of nitrogens with zero attached hydrogens (tertiary/aromatic N) is 1. The van der Waals surface area contributed by atoms with Crippen molar-refractivity contribution in [3.63, 3.8) is 0 Å². The SMILES string of the molecule is CC(C)=CCC(=O)C1CC2CCC(C1)N2C(=O)OCC1c2ccccc2-c2ccccc21. The Kier molecular flexibility index (Phi) is 5.62. The summed E-state index contributed by atoms with van der Waals surface area (Å²) in [5.74, 6) is 0.461. The summed E-state index contributed by atoms with van der Waals surface area (Å²) in [6.45, 7) is 4.40. The number of hydrogen-bond donors (Lipinski definition) is 0. The highest BCUT2D eigenvalue weighted by molar-refractivity contribution is 5.83. The lowest BCUT2D eigenvalue weighted by molar-refractivity contribution is -0.124. The number of benzene rings is 2. The number of ketones is 1. The number of Topliss-reactive ketones (excluding diaryl/α,β-unsaturated/α-hetero) is 1. The summed E-state index contributed by atoms with van der Waals surface area (Å²) in [6.07, 6.45) is 5.81. The summed E-state index contributed by atoms with van der Waals surface area (Å²) in [7, 11) is 0. The second-order valence-corrected chi connectivity index (χ2v) is 9.72. The quantitative estimate of drug-likeness (QED) is 0.539. The van der Waals surface area contributed by atoms with Crippen LogP contribution in [-0.2, 0) is 9.53 Å². The molecule has 4 heteroatoms. The van der Waals surface area contributed by atoms with Gasteiger partial charge in [-0.3, -0.25) is 4.79 Å². The van der Waals surface area contributed by atoms with Gasteiger partial charge in [0.1, 0.15) is 12.4 Å². The number of amides is 1. The molecule has 2 aromatic rings. The van der Waals surface area contributed by atoms with E-state index in [4.69, 9.17) is 4.74 Å². The van der Waals surface area contributed by atoms with Crippen molar-refractivity contribution >= 4 is 11.9 Å². The molecule has 0 radical (unpaired) electrons. The Bertz CT molecular complexity index is 1010. The first-order valence-electron chi connectivity index (χ1n) is 11.8. The number of carbonyl (C=O) groups excluding carboxylic acids is 2. The normalized spacial score (nSPS) is 23.4. The molecule has 0 N–H and O–H groups in total. The Hall–Kier alpha value is -2.88. The molecule has 2 aliphatic heterocycles. The van der Waals surface area contributed by atoms with E-state index in [9.17, 15) is 9.59 Å². The highest BCUT2D eigenvalue weighted by atomic mass is 16.6. The smallest absolute Gasteiger partial charge is 0.410 e. The molecule has 166 valence electrons. The fraction of sp³-hybridized carbons (Fsp3) is 0.429. The lowest BCUT2D eigenvalue weighted by atomic mass is 9.86. The van der Waals surface area contributed by atoms with Crippen molar-refractivity contribution in [1.29, 1.82) is 0 Å². The van der Waals surface area contributed by atoms with Crippen molar-refractivity contribution < 1.29 is 14.3 Å². The zero-order chi connectivity index (χ0) is 22.2. The Balaban J connectivity index is 1.25. The minimum absolute atomic E-state index is 0.0701. The molecule has 2 heterocycles. The van der Waals surface area contributed by atoms with E-state index in [1.165, 1.54) is 27.8 Å². The Morgan fingerprint density at radius 2 is 1.50 bits per heavy atom. The maximum atomic E-state index is 13.1. The predicted octanol–water partition coefficient (Wildman–Crippen LogP) is 6.10. The fourth-order valence-corrected chi connectivity index (χ4v) is 5.88. The lowest BCUT2D eigenvalue weighted by Crippen LogP contribution is -2.48. The summed E-state index contributed by atoms with van der Waals surface area (Å²) in [5.41, 5.74) is 6.11. The van der Waals surface area contributed by atoms with Crippen LogP contribution in [0.1, 0.15) is 63.0 Å². The summed E-state index contributed by atoms with van der Waals surface area (Å²) < 4.78 is 5.93. The van der Waals surface area contributed by atoms with Gasteiger partial charge in [0.2, 0.25) is 0 Å². The number of hydrogen-bond acceptors (Lipinski definition) is 3. The molecule has 0 spiro atoms. The molecule has 2 atom stereocenters. The van der Waals surface area contributed by atoms with Gasteiger partial charge in [0.15, 0.2) is 0 Å². The van der Waals surface area contributed by atoms with Crippen molar-refractivity contribution in [3.05, 3.63) is 71.3 Å². The van der Waals surface area contributed by atoms with Crippen LogP contribution in [0.3, 0.4) is 0 Å². The second kappa shape index (κ2) is 8.57. The van der Waals surface area contributed by atoms with Gasteiger partial charge in [-0.1, -0.05) is 60.2 Å². The average Bonchev–Trinajstić information content (AvgIpc) is 3.26. The molecule has 32 heavy (non-hydrogen) atoms. The summed E-state index contributed by atoms with van der Waals surface area (Å²) >= 11 is 0. The first-order chi connectivity index (χ1) is 15.5. The third-order valence-electron chi connectivity index (χ3n) is 7.45. The van der Waals surface area contributed by atoms with Gasteiger partial charge >= 0.3 is 6.09 Å².